The Labute approximate surface area is 227 Å². The zero-order valence-corrected chi connectivity index (χ0v) is 22.1. The number of benzene rings is 3. The van der Waals surface area contributed by atoms with Gasteiger partial charge in [-0.2, -0.15) is 5.26 Å². The van der Waals surface area contributed by atoms with Crippen molar-refractivity contribution in [2.75, 3.05) is 6.61 Å². The van der Waals surface area contributed by atoms with Crippen molar-refractivity contribution in [2.45, 2.75) is 38.9 Å². The van der Waals surface area contributed by atoms with Crippen molar-refractivity contribution in [3.8, 4) is 17.4 Å². The molecule has 6 nitrogen and oxygen atoms in total. The Morgan fingerprint density at radius 2 is 1.87 bits per heavy atom. The van der Waals surface area contributed by atoms with Crippen LogP contribution < -0.4 is 10.6 Å². The summed E-state index contributed by atoms with van der Waals surface area (Å²) in [6.07, 6.45) is 0.380. The van der Waals surface area contributed by atoms with Crippen LogP contribution in [0.2, 0.25) is 5.02 Å². The minimum atomic E-state index is -0.534. The number of carbonyl (C=O) groups excluding carboxylic acids is 1. The Bertz CT molecular complexity index is 1440. The molecule has 0 unspecified atom stereocenters. The molecule has 0 bridgehead atoms. The van der Waals surface area contributed by atoms with Gasteiger partial charge in [-0.05, 0) is 73.9 Å². The first-order valence-corrected chi connectivity index (χ1v) is 12.8. The van der Waals surface area contributed by atoms with E-state index in [0.717, 1.165) is 16.9 Å². The summed E-state index contributed by atoms with van der Waals surface area (Å²) in [5.74, 6) is 1.01. The fraction of sp³-hybridized carbons (Fsp3) is 0.226. The van der Waals surface area contributed by atoms with Crippen LogP contribution in [0.1, 0.15) is 51.3 Å². The van der Waals surface area contributed by atoms with Gasteiger partial charge in [0, 0.05) is 11.6 Å². The molecule has 1 aromatic heterocycles. The number of hydrogen-bond donors (Lipinski definition) is 3. The highest BCUT2D eigenvalue weighted by Crippen LogP contribution is 2.27. The van der Waals surface area contributed by atoms with E-state index in [4.69, 9.17) is 21.3 Å². The number of amides is 1. The molecular weight excluding hydrogens is 498 g/mol. The predicted octanol–water partition coefficient (Wildman–Crippen LogP) is 5.96. The molecule has 4 aromatic rings. The van der Waals surface area contributed by atoms with Crippen molar-refractivity contribution in [1.82, 2.24) is 10.6 Å². The average Bonchev–Trinajstić information content (AvgIpc) is 3.41. The molecule has 0 spiro atoms. The molecule has 2 atom stereocenters. The average molecular weight is 528 g/mol. The molecule has 1 amide bonds. The van der Waals surface area contributed by atoms with Crippen LogP contribution in [0, 0.1) is 18.3 Å². The molecule has 1 heterocycles. The minimum Gasteiger partial charge on any atom is -0.460 e. The Balaban J connectivity index is 1.42. The predicted molar refractivity (Wildman–Crippen MR) is 149 cm³/mol. The molecule has 4 rings (SSSR count). The van der Waals surface area contributed by atoms with Crippen LogP contribution in [0.15, 0.2) is 83.3 Å². The Morgan fingerprint density at radius 1 is 1.08 bits per heavy atom. The van der Waals surface area contributed by atoms with E-state index in [-0.39, 0.29) is 18.2 Å². The van der Waals surface area contributed by atoms with Crippen LogP contribution in [0.5, 0.6) is 0 Å². The minimum absolute atomic E-state index is 0.164. The number of nitrogens with zero attached hydrogens (tertiary/aromatic N) is 1. The largest absolute Gasteiger partial charge is 0.460 e. The van der Waals surface area contributed by atoms with E-state index < -0.39 is 11.9 Å². The Hall–Kier alpha value is -3.89. The summed E-state index contributed by atoms with van der Waals surface area (Å²) in [5, 5.41) is 25.6. The topological polar surface area (TPSA) is 98.3 Å². The van der Waals surface area contributed by atoms with Gasteiger partial charge in [0.05, 0.1) is 41.4 Å². The molecular formula is C31H30ClN3O3. The van der Waals surface area contributed by atoms with Gasteiger partial charge in [0.25, 0.3) is 5.91 Å². The highest BCUT2D eigenvalue weighted by atomic mass is 35.5. The van der Waals surface area contributed by atoms with E-state index in [1.807, 2.05) is 18.2 Å². The summed E-state index contributed by atoms with van der Waals surface area (Å²) in [5.41, 5.74) is 4.81. The quantitative estimate of drug-likeness (QED) is 0.236. The van der Waals surface area contributed by atoms with Gasteiger partial charge in [-0.3, -0.25) is 4.79 Å². The molecule has 0 saturated carbocycles. The van der Waals surface area contributed by atoms with E-state index >= 15 is 0 Å². The van der Waals surface area contributed by atoms with E-state index in [1.165, 1.54) is 11.1 Å². The third-order valence-corrected chi connectivity index (χ3v) is 6.74. The van der Waals surface area contributed by atoms with Gasteiger partial charge < -0.3 is 20.2 Å². The summed E-state index contributed by atoms with van der Waals surface area (Å²) in [4.78, 5) is 13.1. The molecule has 0 radical (unpaired) electrons. The van der Waals surface area contributed by atoms with E-state index in [1.54, 1.807) is 36.4 Å². The van der Waals surface area contributed by atoms with Crippen molar-refractivity contribution in [3.63, 3.8) is 0 Å². The second-order valence-electron chi connectivity index (χ2n) is 9.34. The lowest BCUT2D eigenvalue weighted by molar-refractivity contribution is 0.0916. The first-order valence-electron chi connectivity index (χ1n) is 12.5. The number of aliphatic hydroxyl groups is 1. The molecule has 0 saturated heterocycles. The highest BCUT2D eigenvalue weighted by Gasteiger charge is 2.18. The maximum Gasteiger partial charge on any atom is 0.253 e. The van der Waals surface area contributed by atoms with Crippen LogP contribution in [0.4, 0.5) is 0 Å². The number of nitriles is 1. The van der Waals surface area contributed by atoms with Crippen LogP contribution in [-0.4, -0.2) is 23.7 Å². The van der Waals surface area contributed by atoms with E-state index in [9.17, 15) is 9.90 Å². The lowest BCUT2D eigenvalue weighted by Gasteiger charge is -2.17. The number of furan rings is 1. The standard InChI is InChI=1S/C31H30ClN3O3/c1-20-6-8-24(9-7-20)21(2)34-18-27-11-13-30(38-27)25-10-12-29(32)28(16-25)31(37)35-26(19-36)15-22-4-3-5-23(14-22)17-33/h3-14,16,21,26,34,36H,15,18-19H2,1-2H3,(H,35,37)/t21-,26-/m1/s1. The molecule has 0 aliphatic heterocycles. The summed E-state index contributed by atoms with van der Waals surface area (Å²) in [7, 11) is 0. The maximum atomic E-state index is 13.1. The fourth-order valence-electron chi connectivity index (χ4n) is 4.18. The van der Waals surface area contributed by atoms with Crippen LogP contribution >= 0.6 is 11.6 Å². The van der Waals surface area contributed by atoms with E-state index in [2.05, 4.69) is 54.8 Å². The highest BCUT2D eigenvalue weighted by molar-refractivity contribution is 6.34. The molecule has 3 aromatic carbocycles. The maximum absolute atomic E-state index is 13.1. The third kappa shape index (κ3) is 6.90. The number of carbonyl (C=O) groups is 1. The van der Waals surface area contributed by atoms with E-state index in [0.29, 0.717) is 29.3 Å². The first kappa shape index (κ1) is 27.2. The molecule has 0 aliphatic rings. The number of aryl methyl sites for hydroxylation is 1. The molecule has 3 N–H and O–H groups in total. The zero-order valence-electron chi connectivity index (χ0n) is 21.4. The summed E-state index contributed by atoms with van der Waals surface area (Å²) >= 11 is 6.36. The SMILES string of the molecule is Cc1ccc([C@@H](C)NCc2ccc(-c3ccc(Cl)c(C(=O)N[C@@H](CO)Cc4cccc(C#N)c4)c3)o2)cc1. The normalized spacial score (nSPS) is 12.5. The van der Waals surface area contributed by atoms with Gasteiger partial charge in [-0.15, -0.1) is 0 Å². The second-order valence-corrected chi connectivity index (χ2v) is 9.75. The van der Waals surface area contributed by atoms with Gasteiger partial charge in [-0.25, -0.2) is 0 Å². The van der Waals surface area contributed by atoms with Crippen LogP contribution in [0.3, 0.4) is 0 Å². The number of halogens is 1. The molecule has 38 heavy (non-hydrogen) atoms. The summed E-state index contributed by atoms with van der Waals surface area (Å²) < 4.78 is 6.05. The van der Waals surface area contributed by atoms with Crippen molar-refractivity contribution >= 4 is 17.5 Å². The van der Waals surface area contributed by atoms with Gasteiger partial charge in [0.15, 0.2) is 0 Å². The van der Waals surface area contributed by atoms with Gasteiger partial charge >= 0.3 is 0 Å². The Kier molecular flexibility index (Phi) is 8.98. The van der Waals surface area contributed by atoms with Crippen LogP contribution in [-0.2, 0) is 13.0 Å². The van der Waals surface area contributed by atoms with Crippen molar-refractivity contribution in [1.29, 1.82) is 5.26 Å². The van der Waals surface area contributed by atoms with Gasteiger partial charge in [-0.1, -0.05) is 53.6 Å². The molecule has 0 fully saturated rings. The fourth-order valence-corrected chi connectivity index (χ4v) is 4.39. The summed E-state index contributed by atoms with van der Waals surface area (Å²) in [6, 6.07) is 26.2. The zero-order chi connectivity index (χ0) is 27.1. The second kappa shape index (κ2) is 12.6. The molecule has 7 heteroatoms. The molecule has 194 valence electrons. The van der Waals surface area contributed by atoms with Gasteiger partial charge in [0.2, 0.25) is 0 Å². The van der Waals surface area contributed by atoms with Crippen molar-refractivity contribution in [2.24, 2.45) is 0 Å². The number of hydrogen-bond acceptors (Lipinski definition) is 5. The van der Waals surface area contributed by atoms with Crippen molar-refractivity contribution < 1.29 is 14.3 Å². The van der Waals surface area contributed by atoms with Crippen LogP contribution in [0.25, 0.3) is 11.3 Å². The first-order chi connectivity index (χ1) is 18.4. The molecule has 0 aliphatic carbocycles. The van der Waals surface area contributed by atoms with Crippen molar-refractivity contribution in [3.05, 3.63) is 117 Å². The number of aliphatic hydroxyl groups excluding tert-OH is 1. The lowest BCUT2D eigenvalue weighted by Crippen LogP contribution is -2.39. The number of nitrogens with one attached hydrogen (secondary N) is 2. The Morgan fingerprint density at radius 3 is 2.61 bits per heavy atom. The smallest absolute Gasteiger partial charge is 0.253 e. The lowest BCUT2D eigenvalue weighted by atomic mass is 10.0. The number of rotatable bonds is 10. The monoisotopic (exact) mass is 527 g/mol. The summed E-state index contributed by atoms with van der Waals surface area (Å²) in [6.45, 7) is 4.48. The third-order valence-electron chi connectivity index (χ3n) is 6.41. The van der Waals surface area contributed by atoms with Gasteiger partial charge in [0.1, 0.15) is 11.5 Å².